The zero-order chi connectivity index (χ0) is 18.8. The van der Waals surface area contributed by atoms with E-state index in [0.717, 1.165) is 22.7 Å². The molecule has 0 saturated carbocycles. The standard InChI is InChI=1S/C16H15ClF2N2O3S/c1-10(16(22)20-15-7-6-12(18)9-14(15)19)21(25(2,23)24)13-5-3-4-11(17)8-13/h3-10H,1-2H3,(H,20,22)/t10-/m0/s1. The van der Waals surface area contributed by atoms with E-state index in [4.69, 9.17) is 11.6 Å². The molecule has 2 aromatic carbocycles. The Bertz CT molecular complexity index is 906. The van der Waals surface area contributed by atoms with Crippen LogP contribution in [0.5, 0.6) is 0 Å². The topological polar surface area (TPSA) is 66.5 Å². The molecule has 5 nitrogen and oxygen atoms in total. The van der Waals surface area contributed by atoms with Gasteiger partial charge in [0.2, 0.25) is 15.9 Å². The Labute approximate surface area is 149 Å². The molecule has 0 heterocycles. The van der Waals surface area contributed by atoms with Gasteiger partial charge in [0, 0.05) is 11.1 Å². The molecule has 0 spiro atoms. The van der Waals surface area contributed by atoms with Crippen LogP contribution in [0.1, 0.15) is 6.92 Å². The summed E-state index contributed by atoms with van der Waals surface area (Å²) in [4.78, 5) is 12.4. The predicted molar refractivity (Wildman–Crippen MR) is 93.2 cm³/mol. The van der Waals surface area contributed by atoms with E-state index in [2.05, 4.69) is 5.32 Å². The normalized spacial score (nSPS) is 12.5. The van der Waals surface area contributed by atoms with Gasteiger partial charge in [-0.25, -0.2) is 17.2 Å². The monoisotopic (exact) mass is 388 g/mol. The number of rotatable bonds is 5. The average molecular weight is 389 g/mol. The molecular weight excluding hydrogens is 374 g/mol. The minimum absolute atomic E-state index is 0.192. The number of carbonyl (C=O) groups is 1. The maximum absolute atomic E-state index is 13.7. The number of halogens is 3. The molecule has 0 bridgehead atoms. The minimum Gasteiger partial charge on any atom is -0.322 e. The Balaban J connectivity index is 2.33. The van der Waals surface area contributed by atoms with Crippen molar-refractivity contribution in [3.8, 4) is 0 Å². The largest absolute Gasteiger partial charge is 0.322 e. The summed E-state index contributed by atoms with van der Waals surface area (Å²) in [5, 5.41) is 2.55. The highest BCUT2D eigenvalue weighted by Crippen LogP contribution is 2.25. The first kappa shape index (κ1) is 19.1. The SMILES string of the molecule is C[C@@H](C(=O)Nc1ccc(F)cc1F)N(c1cccc(Cl)c1)S(C)(=O)=O. The molecule has 134 valence electrons. The third-order valence-electron chi connectivity index (χ3n) is 3.34. The van der Waals surface area contributed by atoms with Gasteiger partial charge in [-0.1, -0.05) is 17.7 Å². The van der Waals surface area contributed by atoms with E-state index in [1.54, 1.807) is 12.1 Å². The van der Waals surface area contributed by atoms with Crippen LogP contribution in [0.3, 0.4) is 0 Å². The van der Waals surface area contributed by atoms with Gasteiger partial charge in [-0.15, -0.1) is 0 Å². The molecule has 25 heavy (non-hydrogen) atoms. The summed E-state index contributed by atoms with van der Waals surface area (Å²) in [5.41, 5.74) is -0.0602. The molecule has 0 aromatic heterocycles. The second-order valence-corrected chi connectivity index (χ2v) is 7.62. The summed E-state index contributed by atoms with van der Waals surface area (Å²) in [7, 11) is -3.83. The quantitative estimate of drug-likeness (QED) is 0.853. The van der Waals surface area contributed by atoms with Gasteiger partial charge >= 0.3 is 0 Å². The number of sulfonamides is 1. The lowest BCUT2D eigenvalue weighted by molar-refractivity contribution is -0.116. The molecule has 0 saturated heterocycles. The first-order valence-electron chi connectivity index (χ1n) is 7.10. The van der Waals surface area contributed by atoms with Crippen molar-refractivity contribution in [1.82, 2.24) is 0 Å². The number of nitrogens with one attached hydrogen (secondary N) is 1. The number of carbonyl (C=O) groups excluding carboxylic acids is 1. The van der Waals surface area contributed by atoms with Crippen LogP contribution < -0.4 is 9.62 Å². The molecule has 0 aliphatic carbocycles. The van der Waals surface area contributed by atoms with Gasteiger partial charge in [-0.05, 0) is 37.3 Å². The summed E-state index contributed by atoms with van der Waals surface area (Å²) < 4.78 is 51.8. The highest BCUT2D eigenvalue weighted by molar-refractivity contribution is 7.92. The molecular formula is C16H15ClF2N2O3S. The molecule has 1 atom stereocenters. The summed E-state index contributed by atoms with van der Waals surface area (Å²) in [5.74, 6) is -2.54. The summed E-state index contributed by atoms with van der Waals surface area (Å²) >= 11 is 5.88. The van der Waals surface area contributed by atoms with Gasteiger partial charge in [0.15, 0.2) is 0 Å². The smallest absolute Gasteiger partial charge is 0.248 e. The van der Waals surface area contributed by atoms with E-state index in [1.165, 1.54) is 19.1 Å². The first-order chi connectivity index (χ1) is 11.6. The van der Waals surface area contributed by atoms with Crippen LogP contribution in [0.25, 0.3) is 0 Å². The minimum atomic E-state index is -3.83. The van der Waals surface area contributed by atoms with Gasteiger partial charge in [-0.2, -0.15) is 0 Å². The van der Waals surface area contributed by atoms with Crippen LogP contribution in [-0.4, -0.2) is 26.6 Å². The number of anilines is 2. The Morgan fingerprint density at radius 3 is 2.44 bits per heavy atom. The average Bonchev–Trinajstić information content (AvgIpc) is 2.48. The maximum Gasteiger partial charge on any atom is 0.248 e. The van der Waals surface area contributed by atoms with E-state index in [9.17, 15) is 22.0 Å². The zero-order valence-electron chi connectivity index (χ0n) is 13.3. The van der Waals surface area contributed by atoms with Crippen LogP contribution in [0.2, 0.25) is 5.02 Å². The molecule has 2 aromatic rings. The summed E-state index contributed by atoms with van der Waals surface area (Å²) in [6.45, 7) is 1.35. The summed E-state index contributed by atoms with van der Waals surface area (Å²) in [6, 6.07) is 7.43. The molecule has 9 heteroatoms. The van der Waals surface area contributed by atoms with Gasteiger partial charge < -0.3 is 5.32 Å². The molecule has 0 unspecified atom stereocenters. The van der Waals surface area contributed by atoms with E-state index in [0.29, 0.717) is 11.1 Å². The third-order valence-corrected chi connectivity index (χ3v) is 4.82. The predicted octanol–water partition coefficient (Wildman–Crippen LogP) is 3.41. The highest BCUT2D eigenvalue weighted by Gasteiger charge is 2.29. The summed E-state index contributed by atoms with van der Waals surface area (Å²) in [6.07, 6.45) is 0.941. The Kier molecular flexibility index (Phi) is 5.64. The van der Waals surface area contributed by atoms with Crippen molar-refractivity contribution in [1.29, 1.82) is 0 Å². The van der Waals surface area contributed by atoms with Crippen molar-refractivity contribution in [3.05, 3.63) is 59.1 Å². The van der Waals surface area contributed by atoms with Crippen LogP contribution >= 0.6 is 11.6 Å². The van der Waals surface area contributed by atoms with Crippen LogP contribution in [0, 0.1) is 11.6 Å². The van der Waals surface area contributed by atoms with E-state index < -0.39 is 33.6 Å². The molecule has 2 rings (SSSR count). The number of amides is 1. The van der Waals surface area contributed by atoms with Crippen LogP contribution in [0.4, 0.5) is 20.2 Å². The number of hydrogen-bond acceptors (Lipinski definition) is 3. The maximum atomic E-state index is 13.7. The van der Waals surface area contributed by atoms with Crippen molar-refractivity contribution in [2.24, 2.45) is 0 Å². The van der Waals surface area contributed by atoms with Crippen molar-refractivity contribution in [2.45, 2.75) is 13.0 Å². The van der Waals surface area contributed by atoms with Gasteiger partial charge in [0.1, 0.15) is 17.7 Å². The fourth-order valence-electron chi connectivity index (χ4n) is 2.25. The Morgan fingerprint density at radius 2 is 1.88 bits per heavy atom. The second kappa shape index (κ2) is 7.37. The molecule has 0 aliphatic rings. The lowest BCUT2D eigenvalue weighted by Crippen LogP contribution is -2.45. The van der Waals surface area contributed by atoms with Gasteiger partial charge in [0.05, 0.1) is 17.6 Å². The Morgan fingerprint density at radius 1 is 1.20 bits per heavy atom. The van der Waals surface area contributed by atoms with Crippen molar-refractivity contribution < 1.29 is 22.0 Å². The molecule has 0 radical (unpaired) electrons. The number of nitrogens with zero attached hydrogens (tertiary/aromatic N) is 1. The first-order valence-corrected chi connectivity index (χ1v) is 9.33. The van der Waals surface area contributed by atoms with Crippen molar-refractivity contribution >= 4 is 38.9 Å². The molecule has 0 aliphatic heterocycles. The molecule has 1 N–H and O–H groups in total. The van der Waals surface area contributed by atoms with Crippen LogP contribution in [-0.2, 0) is 14.8 Å². The fourth-order valence-corrected chi connectivity index (χ4v) is 3.60. The zero-order valence-corrected chi connectivity index (χ0v) is 14.9. The lowest BCUT2D eigenvalue weighted by atomic mass is 10.2. The van der Waals surface area contributed by atoms with Gasteiger partial charge in [-0.3, -0.25) is 9.10 Å². The van der Waals surface area contributed by atoms with Crippen molar-refractivity contribution in [2.75, 3.05) is 15.9 Å². The van der Waals surface area contributed by atoms with E-state index in [-0.39, 0.29) is 11.4 Å². The van der Waals surface area contributed by atoms with E-state index >= 15 is 0 Å². The Hall–Kier alpha value is -2.19. The van der Waals surface area contributed by atoms with E-state index in [1.807, 2.05) is 0 Å². The van der Waals surface area contributed by atoms with Crippen LogP contribution in [0.15, 0.2) is 42.5 Å². The number of benzene rings is 2. The highest BCUT2D eigenvalue weighted by atomic mass is 35.5. The fraction of sp³-hybridized carbons (Fsp3) is 0.188. The second-order valence-electron chi connectivity index (χ2n) is 5.33. The number of hydrogen-bond donors (Lipinski definition) is 1. The molecule has 1 amide bonds. The lowest BCUT2D eigenvalue weighted by Gasteiger charge is -2.28. The van der Waals surface area contributed by atoms with Crippen molar-refractivity contribution in [3.63, 3.8) is 0 Å². The third kappa shape index (κ3) is 4.67. The van der Waals surface area contributed by atoms with Gasteiger partial charge in [0.25, 0.3) is 0 Å². The molecule has 0 fully saturated rings.